The summed E-state index contributed by atoms with van der Waals surface area (Å²) < 4.78 is 14.1. The van der Waals surface area contributed by atoms with Crippen LogP contribution in [0.2, 0.25) is 5.02 Å². The molecule has 0 aromatic heterocycles. The van der Waals surface area contributed by atoms with Gasteiger partial charge in [0.25, 0.3) is 0 Å². The Bertz CT molecular complexity index is 438. The number of benzene rings is 1. The van der Waals surface area contributed by atoms with E-state index in [2.05, 4.69) is 19.2 Å². The molecule has 118 valence electrons. The van der Waals surface area contributed by atoms with Gasteiger partial charge in [0.15, 0.2) is 0 Å². The van der Waals surface area contributed by atoms with Gasteiger partial charge in [-0.05, 0) is 49.7 Å². The smallest absolute Gasteiger partial charge is 0.127 e. The molecule has 0 radical (unpaired) electrons. The van der Waals surface area contributed by atoms with Gasteiger partial charge in [-0.2, -0.15) is 0 Å². The van der Waals surface area contributed by atoms with Gasteiger partial charge in [0.1, 0.15) is 5.82 Å². The van der Waals surface area contributed by atoms with Gasteiger partial charge in [0.05, 0.1) is 0 Å². The Morgan fingerprint density at radius 1 is 1.33 bits per heavy atom. The molecule has 0 heterocycles. The molecule has 1 aromatic carbocycles. The van der Waals surface area contributed by atoms with Crippen molar-refractivity contribution < 1.29 is 4.39 Å². The van der Waals surface area contributed by atoms with E-state index < -0.39 is 0 Å². The van der Waals surface area contributed by atoms with E-state index in [0.29, 0.717) is 16.6 Å². The van der Waals surface area contributed by atoms with Crippen LogP contribution in [0.4, 0.5) is 4.39 Å². The van der Waals surface area contributed by atoms with Gasteiger partial charge in [-0.3, -0.25) is 0 Å². The van der Waals surface area contributed by atoms with Crippen LogP contribution in [0.3, 0.4) is 0 Å². The Morgan fingerprint density at radius 3 is 2.67 bits per heavy atom. The van der Waals surface area contributed by atoms with Crippen LogP contribution in [-0.2, 0) is 6.42 Å². The average molecular weight is 312 g/mol. The van der Waals surface area contributed by atoms with Crippen LogP contribution < -0.4 is 5.32 Å². The molecule has 1 aliphatic rings. The lowest BCUT2D eigenvalue weighted by molar-refractivity contribution is 0.226. The third kappa shape index (κ3) is 4.69. The number of unbranched alkanes of at least 4 members (excludes halogenated alkanes) is 1. The summed E-state index contributed by atoms with van der Waals surface area (Å²) in [4.78, 5) is 0. The lowest BCUT2D eigenvalue weighted by Crippen LogP contribution is -2.37. The zero-order valence-corrected chi connectivity index (χ0v) is 14.0. The van der Waals surface area contributed by atoms with Crippen LogP contribution >= 0.6 is 11.6 Å². The summed E-state index contributed by atoms with van der Waals surface area (Å²) >= 11 is 6.24. The minimum absolute atomic E-state index is 0.116. The van der Waals surface area contributed by atoms with Gasteiger partial charge in [-0.25, -0.2) is 4.39 Å². The van der Waals surface area contributed by atoms with E-state index in [-0.39, 0.29) is 11.2 Å². The van der Waals surface area contributed by atoms with E-state index in [4.69, 9.17) is 11.6 Å². The molecule has 0 amide bonds. The van der Waals surface area contributed by atoms with Crippen molar-refractivity contribution in [2.24, 2.45) is 5.41 Å². The van der Waals surface area contributed by atoms with Crippen LogP contribution in [-0.4, -0.2) is 12.6 Å². The third-order valence-corrected chi connectivity index (χ3v) is 5.12. The van der Waals surface area contributed by atoms with Crippen LogP contribution in [0.5, 0.6) is 0 Å². The molecule has 1 fully saturated rings. The number of halogens is 2. The van der Waals surface area contributed by atoms with Gasteiger partial charge in [0.2, 0.25) is 0 Å². The maximum absolute atomic E-state index is 14.1. The number of rotatable bonds is 9. The van der Waals surface area contributed by atoms with E-state index in [1.165, 1.54) is 31.7 Å². The Balaban J connectivity index is 2.15. The summed E-state index contributed by atoms with van der Waals surface area (Å²) in [6, 6.07) is 5.70. The normalized spacial score (nSPS) is 17.7. The highest BCUT2D eigenvalue weighted by Crippen LogP contribution is 2.36. The van der Waals surface area contributed by atoms with Crippen molar-refractivity contribution in [1.29, 1.82) is 0 Å². The number of nitrogens with one attached hydrogen (secondary N) is 1. The summed E-state index contributed by atoms with van der Waals surface area (Å²) in [6.45, 7) is 5.41. The first-order valence-electron chi connectivity index (χ1n) is 8.26. The Morgan fingerprint density at radius 2 is 2.10 bits per heavy atom. The number of hydrogen-bond donors (Lipinski definition) is 1. The van der Waals surface area contributed by atoms with E-state index in [9.17, 15) is 4.39 Å². The lowest BCUT2D eigenvalue weighted by Gasteiger charge is -2.34. The Kier molecular flexibility index (Phi) is 6.07. The van der Waals surface area contributed by atoms with E-state index >= 15 is 0 Å². The molecule has 1 unspecified atom stereocenters. The number of hydrogen-bond acceptors (Lipinski definition) is 1. The second kappa shape index (κ2) is 7.60. The molecule has 0 aliphatic heterocycles. The molecule has 1 N–H and O–H groups in total. The van der Waals surface area contributed by atoms with Crippen LogP contribution in [0.1, 0.15) is 57.9 Å². The van der Waals surface area contributed by atoms with Crippen molar-refractivity contribution >= 4 is 11.6 Å². The van der Waals surface area contributed by atoms with Crippen LogP contribution in [0.15, 0.2) is 18.2 Å². The van der Waals surface area contributed by atoms with Crippen molar-refractivity contribution in [1.82, 2.24) is 5.32 Å². The molecule has 1 nitrogen and oxygen atoms in total. The van der Waals surface area contributed by atoms with Gasteiger partial charge >= 0.3 is 0 Å². The fourth-order valence-corrected chi connectivity index (χ4v) is 3.17. The molecule has 1 aliphatic carbocycles. The molecule has 0 saturated heterocycles. The zero-order valence-electron chi connectivity index (χ0n) is 13.2. The molecule has 0 spiro atoms. The summed E-state index contributed by atoms with van der Waals surface area (Å²) in [6.07, 6.45) is 7.85. The minimum Gasteiger partial charge on any atom is -0.313 e. The minimum atomic E-state index is -0.164. The van der Waals surface area contributed by atoms with Gasteiger partial charge in [-0.15, -0.1) is 0 Å². The predicted molar refractivity (Wildman–Crippen MR) is 88.4 cm³/mol. The fraction of sp³-hybridized carbons (Fsp3) is 0.667. The maximum Gasteiger partial charge on any atom is 0.127 e. The first-order valence-corrected chi connectivity index (χ1v) is 8.64. The van der Waals surface area contributed by atoms with Crippen LogP contribution in [0, 0.1) is 11.2 Å². The Labute approximate surface area is 133 Å². The first kappa shape index (κ1) is 16.8. The van der Waals surface area contributed by atoms with E-state index in [1.807, 2.05) is 0 Å². The topological polar surface area (TPSA) is 12.0 Å². The first-order chi connectivity index (χ1) is 10.1. The lowest BCUT2D eigenvalue weighted by atomic mass is 9.75. The molecule has 1 saturated carbocycles. The molecule has 21 heavy (non-hydrogen) atoms. The molecule has 0 bridgehead atoms. The quantitative estimate of drug-likeness (QED) is 0.647. The van der Waals surface area contributed by atoms with Gasteiger partial charge in [-0.1, -0.05) is 44.4 Å². The molecule has 3 heteroatoms. The van der Waals surface area contributed by atoms with Crippen LogP contribution in [0.25, 0.3) is 0 Å². The molecular weight excluding hydrogens is 285 g/mol. The molecule has 1 atom stereocenters. The average Bonchev–Trinajstić information content (AvgIpc) is 3.30. The standard InChI is InChI=1S/C18H27ClFN/c1-3-5-11-18(4-2,13-21-14-9-10-14)12-15-16(19)7-6-8-17(15)20/h6-8,14,21H,3-5,9-13H2,1-2H3. The van der Waals surface area contributed by atoms with Crippen molar-refractivity contribution in [3.8, 4) is 0 Å². The maximum atomic E-state index is 14.1. The second-order valence-corrected chi connectivity index (χ2v) is 6.90. The highest BCUT2D eigenvalue weighted by Gasteiger charge is 2.32. The van der Waals surface area contributed by atoms with Crippen molar-refractivity contribution in [3.05, 3.63) is 34.6 Å². The summed E-state index contributed by atoms with van der Waals surface area (Å²) in [5, 5.41) is 4.22. The monoisotopic (exact) mass is 311 g/mol. The van der Waals surface area contributed by atoms with Crippen molar-refractivity contribution in [3.63, 3.8) is 0 Å². The summed E-state index contributed by atoms with van der Waals surface area (Å²) in [5.41, 5.74) is 0.805. The highest BCUT2D eigenvalue weighted by atomic mass is 35.5. The molecule has 2 rings (SSSR count). The Hall–Kier alpha value is -0.600. The SMILES string of the molecule is CCCCC(CC)(CNC1CC1)Cc1c(F)cccc1Cl. The fourth-order valence-electron chi connectivity index (χ4n) is 2.94. The van der Waals surface area contributed by atoms with E-state index in [0.717, 1.165) is 25.8 Å². The highest BCUT2D eigenvalue weighted by molar-refractivity contribution is 6.31. The molecule has 1 aromatic rings. The van der Waals surface area contributed by atoms with Crippen molar-refractivity contribution in [2.75, 3.05) is 6.54 Å². The second-order valence-electron chi connectivity index (χ2n) is 6.49. The zero-order chi connectivity index (χ0) is 15.3. The van der Waals surface area contributed by atoms with Crippen molar-refractivity contribution in [2.45, 2.75) is 64.8 Å². The largest absolute Gasteiger partial charge is 0.313 e. The molecular formula is C18H27ClFN. The van der Waals surface area contributed by atoms with E-state index in [1.54, 1.807) is 12.1 Å². The summed E-state index contributed by atoms with van der Waals surface area (Å²) in [7, 11) is 0. The van der Waals surface area contributed by atoms with Gasteiger partial charge in [0, 0.05) is 23.2 Å². The predicted octanol–water partition coefficient (Wildman–Crippen LogP) is 5.36. The van der Waals surface area contributed by atoms with Gasteiger partial charge < -0.3 is 5.32 Å². The summed E-state index contributed by atoms with van der Waals surface area (Å²) in [5.74, 6) is -0.164. The third-order valence-electron chi connectivity index (χ3n) is 4.77.